The fourth-order valence-electron chi connectivity index (χ4n) is 2.86. The molecular weight excluding hydrogens is 304 g/mol. The van der Waals surface area contributed by atoms with Crippen LogP contribution in [0, 0.1) is 11.8 Å². The van der Waals surface area contributed by atoms with Gasteiger partial charge >= 0.3 is 0 Å². The highest BCUT2D eigenvalue weighted by Crippen LogP contribution is 2.31. The Labute approximate surface area is 143 Å². The first-order valence-electron chi connectivity index (χ1n) is 8.85. The first-order valence-corrected chi connectivity index (χ1v) is 8.85. The van der Waals surface area contributed by atoms with Crippen LogP contribution in [-0.2, 0) is 4.79 Å². The lowest BCUT2D eigenvalue weighted by Crippen LogP contribution is -2.51. The molecule has 1 saturated carbocycles. The Kier molecular flexibility index (Phi) is 5.07. The molecule has 130 valence electrons. The van der Waals surface area contributed by atoms with E-state index >= 15 is 0 Å². The van der Waals surface area contributed by atoms with E-state index < -0.39 is 0 Å². The van der Waals surface area contributed by atoms with Gasteiger partial charge in [-0.1, -0.05) is 13.8 Å². The average molecular weight is 330 g/mol. The molecule has 3 rings (SSSR count). The van der Waals surface area contributed by atoms with Crippen molar-refractivity contribution in [2.24, 2.45) is 11.8 Å². The Morgan fingerprint density at radius 3 is 2.17 bits per heavy atom. The van der Waals surface area contributed by atoms with Gasteiger partial charge in [0, 0.05) is 37.7 Å². The number of carbonyl (C=O) groups is 2. The molecule has 2 amide bonds. The van der Waals surface area contributed by atoms with E-state index in [-0.39, 0.29) is 17.7 Å². The first kappa shape index (κ1) is 16.8. The SMILES string of the molecule is CC(C)COc1ccc(C(=O)N2CCN(C(=O)C3CC3)CC2)cc1. The molecule has 1 saturated heterocycles. The van der Waals surface area contributed by atoms with Crippen LogP contribution in [0.5, 0.6) is 5.75 Å². The fourth-order valence-corrected chi connectivity index (χ4v) is 2.86. The molecule has 0 spiro atoms. The van der Waals surface area contributed by atoms with Gasteiger partial charge in [0.1, 0.15) is 5.75 Å². The summed E-state index contributed by atoms with van der Waals surface area (Å²) >= 11 is 0. The van der Waals surface area contributed by atoms with Crippen molar-refractivity contribution >= 4 is 11.8 Å². The molecule has 2 fully saturated rings. The predicted molar refractivity (Wildman–Crippen MR) is 92.0 cm³/mol. The van der Waals surface area contributed by atoms with Gasteiger partial charge in [-0.25, -0.2) is 0 Å². The summed E-state index contributed by atoms with van der Waals surface area (Å²) in [5.41, 5.74) is 0.675. The molecule has 0 radical (unpaired) electrons. The second-order valence-corrected chi connectivity index (χ2v) is 7.12. The number of amides is 2. The number of hydrogen-bond donors (Lipinski definition) is 0. The Morgan fingerprint density at radius 2 is 1.62 bits per heavy atom. The van der Waals surface area contributed by atoms with E-state index in [9.17, 15) is 9.59 Å². The summed E-state index contributed by atoms with van der Waals surface area (Å²) in [5.74, 6) is 1.82. The van der Waals surface area contributed by atoms with Crippen molar-refractivity contribution in [1.29, 1.82) is 0 Å². The van der Waals surface area contributed by atoms with Gasteiger partial charge in [0.25, 0.3) is 5.91 Å². The zero-order valence-electron chi connectivity index (χ0n) is 14.5. The smallest absolute Gasteiger partial charge is 0.253 e. The van der Waals surface area contributed by atoms with Gasteiger partial charge in [-0.3, -0.25) is 9.59 Å². The summed E-state index contributed by atoms with van der Waals surface area (Å²) in [6.45, 7) is 7.40. The lowest BCUT2D eigenvalue weighted by molar-refractivity contribution is -0.134. The van der Waals surface area contributed by atoms with Gasteiger partial charge in [0.15, 0.2) is 0 Å². The van der Waals surface area contributed by atoms with E-state index in [2.05, 4.69) is 13.8 Å². The molecule has 5 nitrogen and oxygen atoms in total. The monoisotopic (exact) mass is 330 g/mol. The van der Waals surface area contributed by atoms with E-state index in [4.69, 9.17) is 4.74 Å². The number of rotatable bonds is 5. The van der Waals surface area contributed by atoms with Crippen molar-refractivity contribution in [3.05, 3.63) is 29.8 Å². The molecule has 5 heteroatoms. The molecule has 1 heterocycles. The number of carbonyl (C=O) groups excluding carboxylic acids is 2. The van der Waals surface area contributed by atoms with Gasteiger partial charge < -0.3 is 14.5 Å². The highest BCUT2D eigenvalue weighted by Gasteiger charge is 2.35. The summed E-state index contributed by atoms with van der Waals surface area (Å²) in [7, 11) is 0. The topological polar surface area (TPSA) is 49.9 Å². The summed E-state index contributed by atoms with van der Waals surface area (Å²) in [6.07, 6.45) is 2.06. The second-order valence-electron chi connectivity index (χ2n) is 7.12. The molecule has 1 aromatic carbocycles. The van der Waals surface area contributed by atoms with Crippen molar-refractivity contribution in [3.8, 4) is 5.75 Å². The van der Waals surface area contributed by atoms with E-state index in [1.807, 2.05) is 34.1 Å². The zero-order chi connectivity index (χ0) is 17.1. The number of hydrogen-bond acceptors (Lipinski definition) is 3. The van der Waals surface area contributed by atoms with Gasteiger partial charge in [-0.15, -0.1) is 0 Å². The van der Waals surface area contributed by atoms with Crippen LogP contribution in [0.25, 0.3) is 0 Å². The molecule has 0 atom stereocenters. The highest BCUT2D eigenvalue weighted by molar-refractivity contribution is 5.94. The van der Waals surface area contributed by atoms with Crippen LogP contribution < -0.4 is 4.74 Å². The zero-order valence-corrected chi connectivity index (χ0v) is 14.5. The quantitative estimate of drug-likeness (QED) is 0.833. The number of piperazine rings is 1. The number of nitrogens with zero attached hydrogens (tertiary/aromatic N) is 2. The van der Waals surface area contributed by atoms with Crippen molar-refractivity contribution in [3.63, 3.8) is 0 Å². The Hall–Kier alpha value is -2.04. The maximum Gasteiger partial charge on any atom is 0.253 e. The lowest BCUT2D eigenvalue weighted by Gasteiger charge is -2.35. The maximum atomic E-state index is 12.6. The molecule has 0 aromatic heterocycles. The predicted octanol–water partition coefficient (Wildman–Crippen LogP) is 2.42. The minimum absolute atomic E-state index is 0.0314. The molecule has 1 aliphatic carbocycles. The van der Waals surface area contributed by atoms with Gasteiger partial charge in [0.05, 0.1) is 6.61 Å². The molecule has 24 heavy (non-hydrogen) atoms. The fraction of sp³-hybridized carbons (Fsp3) is 0.579. The third-order valence-electron chi connectivity index (χ3n) is 4.49. The standard InChI is InChI=1S/C19H26N2O3/c1-14(2)13-24-17-7-5-16(6-8-17)19(23)21-11-9-20(10-12-21)18(22)15-3-4-15/h5-8,14-15H,3-4,9-13H2,1-2H3. The van der Waals surface area contributed by atoms with Crippen molar-refractivity contribution < 1.29 is 14.3 Å². The third kappa shape index (κ3) is 4.08. The van der Waals surface area contributed by atoms with Crippen LogP contribution in [0.2, 0.25) is 0 Å². The normalized spacial score (nSPS) is 18.0. The summed E-state index contributed by atoms with van der Waals surface area (Å²) in [4.78, 5) is 28.4. The molecule has 0 bridgehead atoms. The summed E-state index contributed by atoms with van der Waals surface area (Å²) < 4.78 is 5.65. The minimum Gasteiger partial charge on any atom is -0.493 e. The van der Waals surface area contributed by atoms with Crippen molar-refractivity contribution in [2.45, 2.75) is 26.7 Å². The highest BCUT2D eigenvalue weighted by atomic mass is 16.5. The Morgan fingerprint density at radius 1 is 1.04 bits per heavy atom. The van der Waals surface area contributed by atoms with Crippen LogP contribution in [0.3, 0.4) is 0 Å². The van der Waals surface area contributed by atoms with Crippen molar-refractivity contribution in [2.75, 3.05) is 32.8 Å². The van der Waals surface area contributed by atoms with Crippen molar-refractivity contribution in [1.82, 2.24) is 9.80 Å². The maximum absolute atomic E-state index is 12.6. The molecule has 1 aliphatic heterocycles. The molecule has 1 aromatic rings. The van der Waals surface area contributed by atoms with Crippen LogP contribution in [0.15, 0.2) is 24.3 Å². The van der Waals surface area contributed by atoms with Crippen LogP contribution in [-0.4, -0.2) is 54.4 Å². The average Bonchev–Trinajstić information content (AvgIpc) is 3.44. The largest absolute Gasteiger partial charge is 0.493 e. The minimum atomic E-state index is 0.0314. The lowest BCUT2D eigenvalue weighted by atomic mass is 10.1. The molecule has 0 N–H and O–H groups in total. The molecular formula is C19H26N2O3. The van der Waals surface area contributed by atoms with E-state index in [0.717, 1.165) is 18.6 Å². The van der Waals surface area contributed by atoms with E-state index in [1.165, 1.54) is 0 Å². The summed E-state index contributed by atoms with van der Waals surface area (Å²) in [5, 5.41) is 0. The molecule has 0 unspecified atom stereocenters. The Bertz CT molecular complexity index is 585. The van der Waals surface area contributed by atoms with E-state index in [1.54, 1.807) is 0 Å². The second kappa shape index (κ2) is 7.24. The Balaban J connectivity index is 1.52. The van der Waals surface area contributed by atoms with Gasteiger partial charge in [0.2, 0.25) is 5.91 Å². The van der Waals surface area contributed by atoms with Gasteiger partial charge in [-0.2, -0.15) is 0 Å². The van der Waals surface area contributed by atoms with Crippen LogP contribution in [0.1, 0.15) is 37.0 Å². The van der Waals surface area contributed by atoms with Crippen LogP contribution >= 0.6 is 0 Å². The first-order chi connectivity index (χ1) is 11.5. The van der Waals surface area contributed by atoms with E-state index in [0.29, 0.717) is 44.3 Å². The van der Waals surface area contributed by atoms with Crippen LogP contribution in [0.4, 0.5) is 0 Å². The number of benzene rings is 1. The summed E-state index contributed by atoms with van der Waals surface area (Å²) in [6, 6.07) is 7.34. The molecule has 2 aliphatic rings. The third-order valence-corrected chi connectivity index (χ3v) is 4.49. The van der Waals surface area contributed by atoms with Gasteiger partial charge in [-0.05, 0) is 43.0 Å². The number of ether oxygens (including phenoxy) is 1.